The van der Waals surface area contributed by atoms with Gasteiger partial charge >= 0.3 is 0 Å². The van der Waals surface area contributed by atoms with Gasteiger partial charge in [-0.25, -0.2) is 0 Å². The van der Waals surface area contributed by atoms with Crippen molar-refractivity contribution < 1.29 is 9.32 Å². The highest BCUT2D eigenvalue weighted by molar-refractivity contribution is 6.54. The van der Waals surface area contributed by atoms with Crippen molar-refractivity contribution in [2.24, 2.45) is 0 Å². The molecule has 0 radical (unpaired) electrons. The molecule has 0 bridgehead atoms. The van der Waals surface area contributed by atoms with Gasteiger partial charge in [-0.15, -0.1) is 0 Å². The lowest BCUT2D eigenvalue weighted by atomic mass is 10.1. The summed E-state index contributed by atoms with van der Waals surface area (Å²) in [6.45, 7) is 0. The van der Waals surface area contributed by atoms with Crippen LogP contribution in [0.1, 0.15) is 0 Å². The van der Waals surface area contributed by atoms with Gasteiger partial charge in [-0.2, -0.15) is 4.98 Å². The Hall–Kier alpha value is -2.44. The van der Waals surface area contributed by atoms with Crippen LogP contribution in [0.5, 0.6) is 0 Å². The number of aromatic nitrogens is 3. The number of para-hydroxylation sites is 1. The maximum absolute atomic E-state index is 11.7. The molecular weight excluding hydrogens is 339 g/mol. The predicted molar refractivity (Wildman–Crippen MR) is 87.1 cm³/mol. The topological polar surface area (TPSA) is 80.9 Å². The number of hydrogen-bond donors (Lipinski definition) is 1. The SMILES string of the molecule is O=C(Nc1ccccc1-c1nc(-c2ccccn2)no1)C(Cl)Cl. The average Bonchev–Trinajstić information content (AvgIpc) is 3.06. The zero-order valence-corrected chi connectivity index (χ0v) is 13.1. The monoisotopic (exact) mass is 348 g/mol. The number of carbonyl (C=O) groups excluding carboxylic acids is 1. The van der Waals surface area contributed by atoms with Crippen LogP contribution in [0.3, 0.4) is 0 Å². The van der Waals surface area contributed by atoms with Crippen molar-refractivity contribution in [2.75, 3.05) is 5.32 Å². The Morgan fingerprint density at radius 3 is 2.65 bits per heavy atom. The van der Waals surface area contributed by atoms with Crippen LogP contribution in [0.15, 0.2) is 53.2 Å². The van der Waals surface area contributed by atoms with Gasteiger partial charge < -0.3 is 9.84 Å². The summed E-state index contributed by atoms with van der Waals surface area (Å²) >= 11 is 11.1. The molecule has 0 aliphatic rings. The number of anilines is 1. The number of rotatable bonds is 4. The van der Waals surface area contributed by atoms with Crippen LogP contribution in [0.25, 0.3) is 23.0 Å². The van der Waals surface area contributed by atoms with Gasteiger partial charge in [0.15, 0.2) is 4.84 Å². The lowest BCUT2D eigenvalue weighted by molar-refractivity contribution is -0.114. The number of benzene rings is 1. The van der Waals surface area contributed by atoms with Crippen molar-refractivity contribution in [2.45, 2.75) is 4.84 Å². The third kappa shape index (κ3) is 3.49. The molecule has 0 fully saturated rings. The molecule has 0 unspecified atom stereocenters. The van der Waals surface area contributed by atoms with Gasteiger partial charge in [0, 0.05) is 6.20 Å². The van der Waals surface area contributed by atoms with E-state index in [0.29, 0.717) is 22.8 Å². The fourth-order valence-electron chi connectivity index (χ4n) is 1.90. The minimum atomic E-state index is -1.17. The van der Waals surface area contributed by atoms with E-state index in [4.69, 9.17) is 27.7 Å². The van der Waals surface area contributed by atoms with Gasteiger partial charge in [-0.3, -0.25) is 9.78 Å². The Labute approximate surface area is 141 Å². The Bertz CT molecular complexity index is 821. The van der Waals surface area contributed by atoms with E-state index >= 15 is 0 Å². The first-order valence-electron chi connectivity index (χ1n) is 6.58. The second-order valence-corrected chi connectivity index (χ2v) is 5.57. The van der Waals surface area contributed by atoms with E-state index in [-0.39, 0.29) is 5.89 Å². The normalized spacial score (nSPS) is 10.7. The zero-order valence-electron chi connectivity index (χ0n) is 11.6. The molecule has 8 heteroatoms. The standard InChI is InChI=1S/C15H10Cl2N4O2/c16-12(17)14(22)19-10-6-2-1-5-9(10)15-20-13(21-23-15)11-7-3-4-8-18-11/h1-8,12H,(H,19,22). The Morgan fingerprint density at radius 2 is 1.91 bits per heavy atom. The van der Waals surface area contributed by atoms with Crippen LogP contribution in [-0.4, -0.2) is 25.9 Å². The average molecular weight is 349 g/mol. The second kappa shape index (κ2) is 6.76. The van der Waals surface area contributed by atoms with Gasteiger partial charge in [0.2, 0.25) is 5.82 Å². The van der Waals surface area contributed by atoms with Gasteiger partial charge in [0.25, 0.3) is 11.8 Å². The van der Waals surface area contributed by atoms with E-state index in [1.807, 2.05) is 6.07 Å². The highest BCUT2D eigenvalue weighted by Crippen LogP contribution is 2.28. The third-order valence-corrected chi connectivity index (χ3v) is 3.33. The molecule has 0 aliphatic heterocycles. The molecule has 2 aromatic heterocycles. The molecule has 3 rings (SSSR count). The maximum Gasteiger partial charge on any atom is 0.260 e. The zero-order chi connectivity index (χ0) is 16.2. The molecule has 1 N–H and O–H groups in total. The van der Waals surface area contributed by atoms with E-state index < -0.39 is 10.7 Å². The Kier molecular flexibility index (Phi) is 4.55. The first-order valence-corrected chi connectivity index (χ1v) is 7.46. The maximum atomic E-state index is 11.7. The minimum absolute atomic E-state index is 0.252. The first-order chi connectivity index (χ1) is 11.1. The van der Waals surface area contributed by atoms with Crippen LogP contribution in [-0.2, 0) is 4.79 Å². The molecule has 1 amide bonds. The molecule has 3 aromatic rings. The number of alkyl halides is 2. The second-order valence-electron chi connectivity index (χ2n) is 4.47. The van der Waals surface area contributed by atoms with Crippen LogP contribution in [0.4, 0.5) is 5.69 Å². The number of nitrogens with one attached hydrogen (secondary N) is 1. The number of amides is 1. The van der Waals surface area contributed by atoms with Crippen LogP contribution in [0, 0.1) is 0 Å². The molecular formula is C15H10Cl2N4O2. The highest BCUT2D eigenvalue weighted by atomic mass is 35.5. The van der Waals surface area contributed by atoms with Gasteiger partial charge in [0.05, 0.1) is 11.3 Å². The van der Waals surface area contributed by atoms with E-state index in [1.54, 1.807) is 42.6 Å². The Morgan fingerprint density at radius 1 is 1.13 bits per heavy atom. The van der Waals surface area contributed by atoms with Crippen molar-refractivity contribution in [3.63, 3.8) is 0 Å². The van der Waals surface area contributed by atoms with E-state index in [1.165, 1.54) is 0 Å². The van der Waals surface area contributed by atoms with Crippen LogP contribution < -0.4 is 5.32 Å². The summed E-state index contributed by atoms with van der Waals surface area (Å²) in [5, 5.41) is 6.52. The third-order valence-electron chi connectivity index (χ3n) is 2.93. The van der Waals surface area contributed by atoms with Crippen LogP contribution in [0.2, 0.25) is 0 Å². The van der Waals surface area contributed by atoms with Crippen molar-refractivity contribution in [3.05, 3.63) is 48.7 Å². The van der Waals surface area contributed by atoms with Crippen molar-refractivity contribution in [3.8, 4) is 23.0 Å². The van der Waals surface area contributed by atoms with E-state index in [0.717, 1.165) is 0 Å². The largest absolute Gasteiger partial charge is 0.333 e. The van der Waals surface area contributed by atoms with Gasteiger partial charge in [-0.1, -0.05) is 46.6 Å². The van der Waals surface area contributed by atoms with Crippen molar-refractivity contribution >= 4 is 34.8 Å². The molecule has 0 aliphatic carbocycles. The molecule has 0 spiro atoms. The van der Waals surface area contributed by atoms with E-state index in [2.05, 4.69) is 20.4 Å². The van der Waals surface area contributed by atoms with Gasteiger partial charge in [-0.05, 0) is 24.3 Å². The first kappa shape index (κ1) is 15.5. The number of nitrogens with zero attached hydrogens (tertiary/aromatic N) is 3. The summed E-state index contributed by atoms with van der Waals surface area (Å²) in [5.74, 6) is 0.0711. The molecule has 0 saturated carbocycles. The molecule has 116 valence electrons. The van der Waals surface area contributed by atoms with Crippen molar-refractivity contribution in [1.82, 2.24) is 15.1 Å². The number of hydrogen-bond acceptors (Lipinski definition) is 5. The van der Waals surface area contributed by atoms with Crippen molar-refractivity contribution in [1.29, 1.82) is 0 Å². The van der Waals surface area contributed by atoms with Crippen LogP contribution >= 0.6 is 23.2 Å². The van der Waals surface area contributed by atoms with E-state index in [9.17, 15) is 4.79 Å². The Balaban J connectivity index is 1.94. The fourth-order valence-corrected chi connectivity index (χ4v) is 2.01. The molecule has 2 heterocycles. The smallest absolute Gasteiger partial charge is 0.260 e. The molecule has 6 nitrogen and oxygen atoms in total. The molecule has 0 saturated heterocycles. The van der Waals surface area contributed by atoms with Gasteiger partial charge in [0.1, 0.15) is 5.69 Å². The summed E-state index contributed by atoms with van der Waals surface area (Å²) in [5.41, 5.74) is 1.62. The summed E-state index contributed by atoms with van der Waals surface area (Å²) in [7, 11) is 0. The quantitative estimate of drug-likeness (QED) is 0.729. The lowest BCUT2D eigenvalue weighted by Crippen LogP contribution is -2.18. The minimum Gasteiger partial charge on any atom is -0.333 e. The molecule has 0 atom stereocenters. The summed E-state index contributed by atoms with van der Waals surface area (Å²) in [4.78, 5) is 19.0. The number of pyridine rings is 1. The highest BCUT2D eigenvalue weighted by Gasteiger charge is 2.18. The molecule has 23 heavy (non-hydrogen) atoms. The summed E-state index contributed by atoms with van der Waals surface area (Å²) in [6, 6.07) is 12.4. The number of halogens is 2. The fraction of sp³-hybridized carbons (Fsp3) is 0.0667. The molecule has 1 aromatic carbocycles. The lowest BCUT2D eigenvalue weighted by Gasteiger charge is -2.08. The summed E-state index contributed by atoms with van der Waals surface area (Å²) < 4.78 is 5.27. The predicted octanol–water partition coefficient (Wildman–Crippen LogP) is 3.54. The number of carbonyl (C=O) groups is 1. The summed E-state index contributed by atoms with van der Waals surface area (Å²) in [6.07, 6.45) is 1.64.